The topological polar surface area (TPSA) is 61.8 Å². The van der Waals surface area contributed by atoms with Gasteiger partial charge in [-0.2, -0.15) is 0 Å². The third-order valence-corrected chi connectivity index (χ3v) is 4.08. The van der Waals surface area contributed by atoms with Crippen LogP contribution in [0.3, 0.4) is 0 Å². The minimum Gasteiger partial charge on any atom is -0.469 e. The number of rotatable bonds is 8. The van der Waals surface area contributed by atoms with Crippen LogP contribution in [-0.4, -0.2) is 37.9 Å². The molecule has 1 aliphatic heterocycles. The van der Waals surface area contributed by atoms with Gasteiger partial charge in [0.15, 0.2) is 12.1 Å². The minimum atomic E-state index is -0.183. The second kappa shape index (κ2) is 9.63. The van der Waals surface area contributed by atoms with E-state index in [9.17, 15) is 9.59 Å². The average molecular weight is 322 g/mol. The SMILES string of the molecule is COC(=O)CCC/C=C/CC1=C[C@@H](O[C@@H]2CCCCO2)CC1=O. The molecule has 1 aliphatic carbocycles. The molecule has 0 unspecified atom stereocenters. The predicted molar refractivity (Wildman–Crippen MR) is 85.8 cm³/mol. The number of unbranched alkanes of at least 4 members (excludes halogenated alkanes) is 1. The number of ether oxygens (including phenoxy) is 3. The van der Waals surface area contributed by atoms with Gasteiger partial charge in [0.1, 0.15) is 0 Å². The molecular weight excluding hydrogens is 296 g/mol. The van der Waals surface area contributed by atoms with Crippen molar-refractivity contribution < 1.29 is 23.8 Å². The summed E-state index contributed by atoms with van der Waals surface area (Å²) in [4.78, 5) is 23.0. The van der Waals surface area contributed by atoms with Gasteiger partial charge in [0, 0.05) is 19.4 Å². The van der Waals surface area contributed by atoms with Gasteiger partial charge in [0.25, 0.3) is 0 Å². The molecule has 0 radical (unpaired) electrons. The van der Waals surface area contributed by atoms with E-state index in [1.165, 1.54) is 7.11 Å². The van der Waals surface area contributed by atoms with E-state index < -0.39 is 0 Å². The van der Waals surface area contributed by atoms with E-state index in [4.69, 9.17) is 9.47 Å². The Labute approximate surface area is 137 Å². The summed E-state index contributed by atoms with van der Waals surface area (Å²) < 4.78 is 16.0. The molecular formula is C18H26O5. The fraction of sp³-hybridized carbons (Fsp3) is 0.667. The van der Waals surface area contributed by atoms with Crippen molar-refractivity contribution in [2.75, 3.05) is 13.7 Å². The zero-order valence-corrected chi connectivity index (χ0v) is 13.8. The van der Waals surface area contributed by atoms with Crippen molar-refractivity contribution in [2.24, 2.45) is 0 Å². The summed E-state index contributed by atoms with van der Waals surface area (Å²) in [5.74, 6) is -0.0259. The van der Waals surface area contributed by atoms with Gasteiger partial charge in [-0.15, -0.1) is 0 Å². The van der Waals surface area contributed by atoms with Crippen LogP contribution in [0.25, 0.3) is 0 Å². The Kier molecular flexibility index (Phi) is 7.49. The van der Waals surface area contributed by atoms with Crippen molar-refractivity contribution in [3.8, 4) is 0 Å². The highest BCUT2D eigenvalue weighted by atomic mass is 16.7. The van der Waals surface area contributed by atoms with Crippen LogP contribution in [0.4, 0.5) is 0 Å². The molecule has 0 amide bonds. The van der Waals surface area contributed by atoms with Crippen molar-refractivity contribution in [2.45, 2.75) is 63.8 Å². The van der Waals surface area contributed by atoms with Crippen LogP contribution in [0, 0.1) is 0 Å². The van der Waals surface area contributed by atoms with Crippen molar-refractivity contribution in [3.63, 3.8) is 0 Å². The van der Waals surface area contributed by atoms with Crippen LogP contribution < -0.4 is 0 Å². The summed E-state index contributed by atoms with van der Waals surface area (Å²) in [6.45, 7) is 0.746. The molecule has 2 atom stereocenters. The lowest BCUT2D eigenvalue weighted by Crippen LogP contribution is -2.26. The quantitative estimate of drug-likeness (QED) is 0.390. The number of methoxy groups -OCH3 is 1. The molecule has 2 rings (SSSR count). The van der Waals surface area contributed by atoms with E-state index in [0.29, 0.717) is 19.3 Å². The Morgan fingerprint density at radius 1 is 1.39 bits per heavy atom. The van der Waals surface area contributed by atoms with E-state index in [0.717, 1.165) is 44.3 Å². The van der Waals surface area contributed by atoms with Crippen LogP contribution in [0.1, 0.15) is 51.4 Å². The Bertz CT molecular complexity index is 460. The van der Waals surface area contributed by atoms with E-state index in [2.05, 4.69) is 4.74 Å². The highest BCUT2D eigenvalue weighted by Gasteiger charge is 2.27. The van der Waals surface area contributed by atoms with Crippen molar-refractivity contribution in [3.05, 3.63) is 23.8 Å². The molecule has 0 aromatic rings. The highest BCUT2D eigenvalue weighted by molar-refractivity contribution is 5.98. The zero-order chi connectivity index (χ0) is 16.5. The third-order valence-electron chi connectivity index (χ3n) is 4.08. The molecule has 0 spiro atoms. The van der Waals surface area contributed by atoms with Gasteiger partial charge in [0.05, 0.1) is 13.2 Å². The maximum Gasteiger partial charge on any atom is 0.305 e. The zero-order valence-electron chi connectivity index (χ0n) is 13.8. The van der Waals surface area contributed by atoms with Gasteiger partial charge in [-0.25, -0.2) is 0 Å². The van der Waals surface area contributed by atoms with Crippen molar-refractivity contribution in [1.82, 2.24) is 0 Å². The van der Waals surface area contributed by atoms with Gasteiger partial charge >= 0.3 is 5.97 Å². The van der Waals surface area contributed by atoms with Crippen LogP contribution in [0.5, 0.6) is 0 Å². The summed E-state index contributed by atoms with van der Waals surface area (Å²) in [7, 11) is 1.40. The van der Waals surface area contributed by atoms with Gasteiger partial charge in [0.2, 0.25) is 0 Å². The number of esters is 1. The summed E-state index contributed by atoms with van der Waals surface area (Å²) in [6.07, 6.45) is 11.8. The first-order valence-corrected chi connectivity index (χ1v) is 8.42. The highest BCUT2D eigenvalue weighted by Crippen LogP contribution is 2.24. The Morgan fingerprint density at radius 2 is 2.26 bits per heavy atom. The van der Waals surface area contributed by atoms with Gasteiger partial charge in [-0.05, 0) is 50.2 Å². The Hall–Kier alpha value is -1.46. The van der Waals surface area contributed by atoms with Crippen LogP contribution in [0.2, 0.25) is 0 Å². The summed E-state index contributed by atoms with van der Waals surface area (Å²) in [5.41, 5.74) is 0.815. The number of Topliss-reactive ketones (excluding diaryl/α,β-unsaturated/α-hetero) is 1. The van der Waals surface area contributed by atoms with Crippen molar-refractivity contribution in [1.29, 1.82) is 0 Å². The Morgan fingerprint density at radius 3 is 3.00 bits per heavy atom. The normalized spacial score (nSPS) is 24.9. The predicted octanol–water partition coefficient (Wildman–Crippen LogP) is 3.09. The van der Waals surface area contributed by atoms with Crippen LogP contribution >= 0.6 is 0 Å². The molecule has 0 N–H and O–H groups in total. The molecule has 0 aromatic heterocycles. The lowest BCUT2D eigenvalue weighted by Gasteiger charge is -2.24. The van der Waals surface area contributed by atoms with Gasteiger partial charge in [-0.3, -0.25) is 9.59 Å². The van der Waals surface area contributed by atoms with E-state index >= 15 is 0 Å². The van der Waals surface area contributed by atoms with Gasteiger partial charge in [-0.1, -0.05) is 12.2 Å². The van der Waals surface area contributed by atoms with Crippen molar-refractivity contribution >= 4 is 11.8 Å². The number of carbonyl (C=O) groups excluding carboxylic acids is 2. The number of carbonyl (C=O) groups is 2. The Balaban J connectivity index is 1.68. The first-order valence-electron chi connectivity index (χ1n) is 8.42. The summed E-state index contributed by atoms with van der Waals surface area (Å²) in [5, 5.41) is 0. The molecule has 1 heterocycles. The first kappa shape index (κ1) is 17.9. The average Bonchev–Trinajstić information content (AvgIpc) is 2.91. The number of allylic oxidation sites excluding steroid dienone is 3. The summed E-state index contributed by atoms with van der Waals surface area (Å²) in [6, 6.07) is 0. The molecule has 1 fully saturated rings. The summed E-state index contributed by atoms with van der Waals surface area (Å²) >= 11 is 0. The maximum absolute atomic E-state index is 12.0. The molecule has 128 valence electrons. The monoisotopic (exact) mass is 322 g/mol. The fourth-order valence-corrected chi connectivity index (χ4v) is 2.77. The fourth-order valence-electron chi connectivity index (χ4n) is 2.77. The standard InChI is InChI=1S/C18H26O5/c1-21-17(20)9-5-3-2-4-8-14-12-15(13-16(14)19)23-18-10-6-7-11-22-18/h2,4,12,15,18H,3,5-11,13H2,1H3/b4-2+/t15-,18-/m1/s1. The van der Waals surface area contributed by atoms with E-state index in [1.54, 1.807) is 0 Å². The minimum absolute atomic E-state index is 0.145. The molecule has 1 saturated heterocycles. The molecule has 2 aliphatic rings. The van der Waals surface area contributed by atoms with Crippen LogP contribution in [0.15, 0.2) is 23.8 Å². The van der Waals surface area contributed by atoms with Crippen LogP contribution in [-0.2, 0) is 23.8 Å². The molecule has 0 saturated carbocycles. The maximum atomic E-state index is 12.0. The lowest BCUT2D eigenvalue weighted by molar-refractivity contribution is -0.178. The number of hydrogen-bond donors (Lipinski definition) is 0. The lowest BCUT2D eigenvalue weighted by atomic mass is 10.1. The second-order valence-electron chi connectivity index (χ2n) is 5.93. The molecule has 5 nitrogen and oxygen atoms in total. The third kappa shape index (κ3) is 6.28. The largest absolute Gasteiger partial charge is 0.469 e. The molecule has 0 bridgehead atoms. The number of hydrogen-bond acceptors (Lipinski definition) is 5. The number of ketones is 1. The molecule has 23 heavy (non-hydrogen) atoms. The molecule has 0 aromatic carbocycles. The second-order valence-corrected chi connectivity index (χ2v) is 5.93. The van der Waals surface area contributed by atoms with Gasteiger partial charge < -0.3 is 14.2 Å². The van der Waals surface area contributed by atoms with E-state index in [1.807, 2.05) is 18.2 Å². The molecule has 5 heteroatoms. The smallest absolute Gasteiger partial charge is 0.305 e. The van der Waals surface area contributed by atoms with E-state index in [-0.39, 0.29) is 24.1 Å². The first-order chi connectivity index (χ1) is 11.2.